The van der Waals surface area contributed by atoms with E-state index in [2.05, 4.69) is 5.32 Å². The fraction of sp³-hybridized carbons (Fsp3) is 0.385. The van der Waals surface area contributed by atoms with Crippen LogP contribution < -0.4 is 16.0 Å². The van der Waals surface area contributed by atoms with Crippen LogP contribution >= 0.6 is 11.6 Å². The fourth-order valence-electron chi connectivity index (χ4n) is 2.09. The molecule has 102 valence electrons. The van der Waals surface area contributed by atoms with Crippen molar-refractivity contribution in [3.63, 3.8) is 0 Å². The van der Waals surface area contributed by atoms with E-state index in [1.165, 1.54) is 0 Å². The Labute approximate surface area is 116 Å². The standard InChI is InChI=1S/C13H16ClN3O2/c14-10-1-3-11(4-2-10)17-8-9(7-12(17)18)13(19)16-6-5-15/h1-4,9H,5-8,15H2,(H,16,19)/t9-/m0/s1. The van der Waals surface area contributed by atoms with Crippen molar-refractivity contribution in [3.05, 3.63) is 29.3 Å². The maximum Gasteiger partial charge on any atom is 0.227 e. The summed E-state index contributed by atoms with van der Waals surface area (Å²) in [6.07, 6.45) is 0.235. The minimum Gasteiger partial charge on any atom is -0.355 e. The molecule has 0 unspecified atom stereocenters. The van der Waals surface area contributed by atoms with Gasteiger partial charge in [-0.2, -0.15) is 0 Å². The van der Waals surface area contributed by atoms with Gasteiger partial charge < -0.3 is 16.0 Å². The molecular weight excluding hydrogens is 266 g/mol. The number of carbonyl (C=O) groups excluding carboxylic acids is 2. The molecule has 2 rings (SSSR count). The van der Waals surface area contributed by atoms with Crippen molar-refractivity contribution in [2.24, 2.45) is 11.7 Å². The third kappa shape index (κ3) is 3.24. The van der Waals surface area contributed by atoms with Crippen LogP contribution in [0.2, 0.25) is 5.02 Å². The number of rotatable bonds is 4. The van der Waals surface area contributed by atoms with Gasteiger partial charge in [0.2, 0.25) is 11.8 Å². The zero-order chi connectivity index (χ0) is 13.8. The SMILES string of the molecule is NCCNC(=O)[C@H]1CC(=O)N(c2ccc(Cl)cc2)C1. The average molecular weight is 282 g/mol. The Morgan fingerprint density at radius 3 is 2.74 bits per heavy atom. The Hall–Kier alpha value is -1.59. The molecule has 1 fully saturated rings. The lowest BCUT2D eigenvalue weighted by Crippen LogP contribution is -2.35. The highest BCUT2D eigenvalue weighted by Crippen LogP contribution is 2.26. The lowest BCUT2D eigenvalue weighted by molar-refractivity contribution is -0.126. The van der Waals surface area contributed by atoms with Gasteiger partial charge >= 0.3 is 0 Å². The Morgan fingerprint density at radius 1 is 1.42 bits per heavy atom. The predicted octanol–water partition coefficient (Wildman–Crippen LogP) is 0.768. The number of amides is 2. The molecule has 2 amide bonds. The molecule has 0 spiro atoms. The van der Waals surface area contributed by atoms with Crippen LogP contribution in [-0.2, 0) is 9.59 Å². The largest absolute Gasteiger partial charge is 0.355 e. The number of nitrogens with zero attached hydrogens (tertiary/aromatic N) is 1. The molecule has 1 saturated heterocycles. The molecule has 0 aliphatic carbocycles. The van der Waals surface area contributed by atoms with Gasteiger partial charge in [-0.3, -0.25) is 9.59 Å². The van der Waals surface area contributed by atoms with Crippen LogP contribution in [0.25, 0.3) is 0 Å². The van der Waals surface area contributed by atoms with E-state index in [1.54, 1.807) is 29.2 Å². The number of hydrogen-bond donors (Lipinski definition) is 2. The van der Waals surface area contributed by atoms with Crippen LogP contribution in [0.4, 0.5) is 5.69 Å². The molecule has 0 aromatic heterocycles. The first-order chi connectivity index (χ1) is 9.11. The molecule has 6 heteroatoms. The topological polar surface area (TPSA) is 75.4 Å². The average Bonchev–Trinajstić information content (AvgIpc) is 2.79. The first-order valence-electron chi connectivity index (χ1n) is 6.15. The summed E-state index contributed by atoms with van der Waals surface area (Å²) in [4.78, 5) is 25.4. The van der Waals surface area contributed by atoms with Crippen molar-refractivity contribution < 1.29 is 9.59 Å². The van der Waals surface area contributed by atoms with Crippen molar-refractivity contribution in [2.75, 3.05) is 24.5 Å². The fourth-order valence-corrected chi connectivity index (χ4v) is 2.22. The monoisotopic (exact) mass is 281 g/mol. The highest BCUT2D eigenvalue weighted by atomic mass is 35.5. The van der Waals surface area contributed by atoms with Gasteiger partial charge in [-0.25, -0.2) is 0 Å². The van der Waals surface area contributed by atoms with Crippen molar-refractivity contribution in [1.82, 2.24) is 5.32 Å². The summed E-state index contributed by atoms with van der Waals surface area (Å²) in [5, 5.41) is 3.33. The molecule has 0 bridgehead atoms. The quantitative estimate of drug-likeness (QED) is 0.856. The lowest BCUT2D eigenvalue weighted by atomic mass is 10.1. The number of carbonyl (C=O) groups is 2. The summed E-state index contributed by atoms with van der Waals surface area (Å²) in [7, 11) is 0. The first kappa shape index (κ1) is 13.8. The highest BCUT2D eigenvalue weighted by Gasteiger charge is 2.34. The van der Waals surface area contributed by atoms with Crippen LogP contribution in [0, 0.1) is 5.92 Å². The number of nitrogens with one attached hydrogen (secondary N) is 1. The van der Waals surface area contributed by atoms with E-state index in [0.29, 0.717) is 24.7 Å². The van der Waals surface area contributed by atoms with E-state index < -0.39 is 0 Å². The van der Waals surface area contributed by atoms with Gasteiger partial charge in [-0.05, 0) is 24.3 Å². The lowest BCUT2D eigenvalue weighted by Gasteiger charge is -2.16. The number of benzene rings is 1. The van der Waals surface area contributed by atoms with E-state index in [1.807, 2.05) is 0 Å². The van der Waals surface area contributed by atoms with Crippen LogP contribution in [0.15, 0.2) is 24.3 Å². The minimum absolute atomic E-state index is 0.0461. The zero-order valence-corrected chi connectivity index (χ0v) is 11.2. The van der Waals surface area contributed by atoms with Gasteiger partial charge in [0.15, 0.2) is 0 Å². The molecule has 3 N–H and O–H groups in total. The van der Waals surface area contributed by atoms with E-state index in [9.17, 15) is 9.59 Å². The summed E-state index contributed by atoms with van der Waals surface area (Å²) in [6.45, 7) is 1.23. The Morgan fingerprint density at radius 2 is 2.11 bits per heavy atom. The maximum absolute atomic E-state index is 11.9. The first-order valence-corrected chi connectivity index (χ1v) is 6.53. The van der Waals surface area contributed by atoms with Crippen LogP contribution in [0.3, 0.4) is 0 Å². The number of hydrogen-bond acceptors (Lipinski definition) is 3. The molecule has 1 aliphatic heterocycles. The Balaban J connectivity index is 2.03. The number of nitrogens with two attached hydrogens (primary N) is 1. The molecular formula is C13H16ClN3O2. The molecule has 1 aromatic rings. The van der Waals surface area contributed by atoms with Crippen molar-refractivity contribution in [1.29, 1.82) is 0 Å². The third-order valence-electron chi connectivity index (χ3n) is 3.08. The number of halogens is 1. The van der Waals surface area contributed by atoms with E-state index in [4.69, 9.17) is 17.3 Å². The molecule has 1 aromatic carbocycles. The summed E-state index contributed by atoms with van der Waals surface area (Å²) in [6, 6.07) is 7.01. The molecule has 1 heterocycles. The summed E-state index contributed by atoms with van der Waals surface area (Å²) in [5.41, 5.74) is 6.10. The Bertz CT molecular complexity index is 475. The smallest absolute Gasteiger partial charge is 0.227 e. The van der Waals surface area contributed by atoms with E-state index >= 15 is 0 Å². The van der Waals surface area contributed by atoms with E-state index in [-0.39, 0.29) is 24.2 Å². The molecule has 1 aliphatic rings. The predicted molar refractivity (Wildman–Crippen MR) is 74.0 cm³/mol. The second-order valence-electron chi connectivity index (χ2n) is 4.46. The molecule has 5 nitrogen and oxygen atoms in total. The zero-order valence-electron chi connectivity index (χ0n) is 10.4. The normalized spacial score (nSPS) is 18.7. The van der Waals surface area contributed by atoms with E-state index in [0.717, 1.165) is 5.69 Å². The van der Waals surface area contributed by atoms with Crippen molar-refractivity contribution in [2.45, 2.75) is 6.42 Å². The van der Waals surface area contributed by atoms with Gasteiger partial charge in [0, 0.05) is 36.8 Å². The maximum atomic E-state index is 11.9. The second-order valence-corrected chi connectivity index (χ2v) is 4.90. The van der Waals surface area contributed by atoms with Crippen molar-refractivity contribution in [3.8, 4) is 0 Å². The highest BCUT2D eigenvalue weighted by molar-refractivity contribution is 6.30. The number of anilines is 1. The van der Waals surface area contributed by atoms with Gasteiger partial charge in [0.05, 0.1) is 5.92 Å². The van der Waals surface area contributed by atoms with Crippen LogP contribution in [0.5, 0.6) is 0 Å². The van der Waals surface area contributed by atoms with Crippen LogP contribution in [-0.4, -0.2) is 31.4 Å². The minimum atomic E-state index is -0.310. The van der Waals surface area contributed by atoms with Crippen molar-refractivity contribution >= 4 is 29.1 Å². The van der Waals surface area contributed by atoms with Gasteiger partial charge in [0.25, 0.3) is 0 Å². The molecule has 0 saturated carbocycles. The summed E-state index contributed by atoms with van der Waals surface area (Å²) < 4.78 is 0. The summed E-state index contributed by atoms with van der Waals surface area (Å²) >= 11 is 5.81. The molecule has 1 atom stereocenters. The third-order valence-corrected chi connectivity index (χ3v) is 3.33. The summed E-state index contributed by atoms with van der Waals surface area (Å²) in [5.74, 6) is -0.472. The molecule has 0 radical (unpaired) electrons. The molecule has 19 heavy (non-hydrogen) atoms. The van der Waals surface area contributed by atoms with Gasteiger partial charge in [0.1, 0.15) is 0 Å². The Kier molecular flexibility index (Phi) is 4.39. The second kappa shape index (κ2) is 6.04. The van der Waals surface area contributed by atoms with Gasteiger partial charge in [-0.15, -0.1) is 0 Å². The van der Waals surface area contributed by atoms with Crippen LogP contribution in [0.1, 0.15) is 6.42 Å². The van der Waals surface area contributed by atoms with Gasteiger partial charge in [-0.1, -0.05) is 11.6 Å².